The van der Waals surface area contributed by atoms with E-state index in [1.807, 2.05) is 4.90 Å². The van der Waals surface area contributed by atoms with E-state index in [2.05, 4.69) is 11.9 Å². The van der Waals surface area contributed by atoms with E-state index in [1.54, 1.807) is 30.3 Å². The van der Waals surface area contributed by atoms with Crippen molar-refractivity contribution in [2.75, 3.05) is 18.0 Å². The molecule has 0 bridgehead atoms. The summed E-state index contributed by atoms with van der Waals surface area (Å²) in [7, 11) is 0. The van der Waals surface area contributed by atoms with E-state index in [1.165, 1.54) is 10.6 Å². The second-order valence-corrected chi connectivity index (χ2v) is 7.44. The molecule has 2 aromatic carbocycles. The molecule has 2 aliphatic heterocycles. The van der Waals surface area contributed by atoms with E-state index >= 15 is 0 Å². The Balaban J connectivity index is 1.74. The van der Waals surface area contributed by atoms with Gasteiger partial charge in [-0.2, -0.15) is 0 Å². The Morgan fingerprint density at radius 3 is 2.78 bits per heavy atom. The summed E-state index contributed by atoms with van der Waals surface area (Å²) < 4.78 is 16.2. The number of piperidine rings is 1. The number of carbonyl (C=O) groups is 1. The number of para-hydroxylation sites is 1. The van der Waals surface area contributed by atoms with E-state index in [4.69, 9.17) is 0 Å². The average Bonchev–Trinajstić information content (AvgIpc) is 2.93. The average molecular weight is 363 g/mol. The van der Waals surface area contributed by atoms with Gasteiger partial charge in [0, 0.05) is 13.1 Å². The van der Waals surface area contributed by atoms with Gasteiger partial charge in [-0.15, -0.1) is 0 Å². The van der Waals surface area contributed by atoms with Crippen LogP contribution in [-0.2, 0) is 0 Å². The number of ketones is 1. The molecular weight excluding hydrogens is 345 g/mol. The molecule has 136 valence electrons. The van der Waals surface area contributed by atoms with E-state index < -0.39 is 11.6 Å². The molecule has 6 heteroatoms. The van der Waals surface area contributed by atoms with Crippen LogP contribution in [0.4, 0.5) is 10.1 Å². The van der Waals surface area contributed by atoms with Gasteiger partial charge in [0.15, 0.2) is 5.82 Å². The van der Waals surface area contributed by atoms with Crippen LogP contribution in [0.3, 0.4) is 0 Å². The third kappa shape index (κ3) is 2.32. The fourth-order valence-electron chi connectivity index (χ4n) is 4.20. The molecule has 27 heavy (non-hydrogen) atoms. The first kappa shape index (κ1) is 16.2. The summed E-state index contributed by atoms with van der Waals surface area (Å²) in [6.07, 6.45) is 2.12. The first-order chi connectivity index (χ1) is 13.0. The van der Waals surface area contributed by atoms with Crippen molar-refractivity contribution in [2.45, 2.75) is 19.8 Å². The van der Waals surface area contributed by atoms with Crippen LogP contribution < -0.4 is 10.5 Å². The molecule has 0 saturated carbocycles. The van der Waals surface area contributed by atoms with Crippen molar-refractivity contribution in [3.05, 3.63) is 64.0 Å². The molecule has 2 aliphatic rings. The van der Waals surface area contributed by atoms with Crippen LogP contribution in [0.5, 0.6) is 0 Å². The number of anilines is 1. The molecule has 3 heterocycles. The lowest BCUT2D eigenvalue weighted by molar-refractivity contribution is 0.103. The molecule has 0 radical (unpaired) electrons. The van der Waals surface area contributed by atoms with Crippen LogP contribution in [0, 0.1) is 11.7 Å². The summed E-state index contributed by atoms with van der Waals surface area (Å²) in [6.45, 7) is 3.68. The summed E-state index contributed by atoms with van der Waals surface area (Å²) in [5.74, 6) is -0.308. The Labute approximate surface area is 155 Å². The highest BCUT2D eigenvalue weighted by Gasteiger charge is 2.33. The number of aromatic nitrogens is 2. The number of hydrogen-bond donors (Lipinski definition) is 0. The summed E-state index contributed by atoms with van der Waals surface area (Å²) in [5, 5.41) is 0.444. The smallest absolute Gasteiger partial charge is 0.266 e. The largest absolute Gasteiger partial charge is 0.369 e. The predicted octanol–water partition coefficient (Wildman–Crippen LogP) is 3.31. The van der Waals surface area contributed by atoms with Crippen molar-refractivity contribution in [3.8, 4) is 5.69 Å². The molecule has 1 saturated heterocycles. The minimum atomic E-state index is -0.429. The molecule has 1 fully saturated rings. The number of hydrogen-bond acceptors (Lipinski definition) is 4. The van der Waals surface area contributed by atoms with E-state index in [0.717, 1.165) is 25.9 Å². The van der Waals surface area contributed by atoms with Gasteiger partial charge in [-0.05, 0) is 43.0 Å². The molecular formula is C21H18FN3O2. The van der Waals surface area contributed by atoms with Crippen molar-refractivity contribution >= 4 is 22.4 Å². The summed E-state index contributed by atoms with van der Waals surface area (Å²) in [6, 6.07) is 9.82. The third-order valence-electron chi connectivity index (χ3n) is 5.53. The predicted molar refractivity (Wildman–Crippen MR) is 101 cm³/mol. The quantitative estimate of drug-likeness (QED) is 0.521. The maximum absolute atomic E-state index is 14.8. The van der Waals surface area contributed by atoms with Crippen molar-refractivity contribution < 1.29 is 9.18 Å². The highest BCUT2D eigenvalue weighted by molar-refractivity contribution is 6.13. The van der Waals surface area contributed by atoms with Crippen LogP contribution in [0.2, 0.25) is 0 Å². The highest BCUT2D eigenvalue weighted by atomic mass is 19.1. The Bertz CT molecular complexity index is 1170. The Morgan fingerprint density at radius 1 is 1.15 bits per heavy atom. The Kier molecular flexibility index (Phi) is 3.44. The monoisotopic (exact) mass is 363 g/mol. The summed E-state index contributed by atoms with van der Waals surface area (Å²) >= 11 is 0. The maximum Gasteiger partial charge on any atom is 0.266 e. The zero-order valence-electron chi connectivity index (χ0n) is 14.9. The molecule has 5 nitrogen and oxygen atoms in total. The van der Waals surface area contributed by atoms with Gasteiger partial charge in [0.25, 0.3) is 5.56 Å². The maximum atomic E-state index is 14.8. The van der Waals surface area contributed by atoms with Crippen LogP contribution in [0.15, 0.2) is 41.2 Å². The van der Waals surface area contributed by atoms with Gasteiger partial charge in [-0.25, -0.2) is 9.37 Å². The Hall–Kier alpha value is -3.02. The van der Waals surface area contributed by atoms with Gasteiger partial charge in [-0.1, -0.05) is 19.1 Å². The number of rotatable bonds is 1. The lowest BCUT2D eigenvalue weighted by atomic mass is 9.99. The number of fused-ring (bicyclic) bond motifs is 4. The van der Waals surface area contributed by atoms with Crippen molar-refractivity contribution in [2.24, 2.45) is 5.92 Å². The molecule has 5 rings (SSSR count). The van der Waals surface area contributed by atoms with Gasteiger partial charge in [0.05, 0.1) is 27.8 Å². The fraction of sp³-hybridized carbons (Fsp3) is 0.286. The van der Waals surface area contributed by atoms with Gasteiger partial charge in [0.1, 0.15) is 5.82 Å². The first-order valence-electron chi connectivity index (χ1n) is 9.20. The van der Waals surface area contributed by atoms with E-state index in [-0.39, 0.29) is 16.9 Å². The SMILES string of the molecule is CC1CCCN(c2cc3c(cc2F)C(=O)c2nc4ccccc4c(=O)n2-3)C1. The normalized spacial score (nSPS) is 18.7. The van der Waals surface area contributed by atoms with E-state index in [9.17, 15) is 14.0 Å². The number of nitrogens with zero attached hydrogens (tertiary/aromatic N) is 3. The zero-order valence-corrected chi connectivity index (χ0v) is 14.9. The van der Waals surface area contributed by atoms with Crippen LogP contribution >= 0.6 is 0 Å². The van der Waals surface area contributed by atoms with Crippen molar-refractivity contribution in [1.82, 2.24) is 9.55 Å². The molecule has 0 N–H and O–H groups in total. The number of halogens is 1. The lowest BCUT2D eigenvalue weighted by Gasteiger charge is -2.33. The molecule has 0 amide bonds. The molecule has 1 atom stereocenters. The minimum absolute atomic E-state index is 0.0530. The van der Waals surface area contributed by atoms with Crippen molar-refractivity contribution in [3.63, 3.8) is 0 Å². The lowest BCUT2D eigenvalue weighted by Crippen LogP contribution is -2.35. The molecule has 1 unspecified atom stereocenters. The van der Waals surface area contributed by atoms with Gasteiger partial charge < -0.3 is 4.90 Å². The zero-order chi connectivity index (χ0) is 18.7. The van der Waals surface area contributed by atoms with Crippen LogP contribution in [0.25, 0.3) is 16.6 Å². The molecule has 3 aromatic rings. The summed E-state index contributed by atoms with van der Waals surface area (Å²) in [5.41, 5.74) is 1.24. The van der Waals surface area contributed by atoms with Crippen LogP contribution in [-0.4, -0.2) is 28.4 Å². The van der Waals surface area contributed by atoms with Gasteiger partial charge >= 0.3 is 0 Å². The minimum Gasteiger partial charge on any atom is -0.369 e. The second kappa shape index (κ2) is 5.74. The highest BCUT2D eigenvalue weighted by Crippen LogP contribution is 2.34. The topological polar surface area (TPSA) is 55.2 Å². The first-order valence-corrected chi connectivity index (χ1v) is 9.20. The van der Waals surface area contributed by atoms with Gasteiger partial charge in [-0.3, -0.25) is 14.2 Å². The summed E-state index contributed by atoms with van der Waals surface area (Å²) in [4.78, 5) is 32.2. The van der Waals surface area contributed by atoms with E-state index in [0.29, 0.717) is 28.2 Å². The van der Waals surface area contributed by atoms with Crippen LogP contribution in [0.1, 0.15) is 35.9 Å². The molecule has 0 aliphatic carbocycles. The fourth-order valence-corrected chi connectivity index (χ4v) is 4.20. The molecule has 0 spiro atoms. The number of carbonyl (C=O) groups excluding carboxylic acids is 1. The standard InChI is InChI=1S/C21H18FN3O2/c1-12-5-4-8-24(11-12)18-10-17-14(9-15(18)22)19(26)20-23-16-7-3-2-6-13(16)21(27)25(17)20/h2-3,6-7,9-10,12H,4-5,8,11H2,1H3. The second-order valence-electron chi connectivity index (χ2n) is 7.44. The molecule has 1 aromatic heterocycles. The number of benzene rings is 2. The Morgan fingerprint density at radius 2 is 1.96 bits per heavy atom. The van der Waals surface area contributed by atoms with Crippen molar-refractivity contribution in [1.29, 1.82) is 0 Å². The van der Waals surface area contributed by atoms with Gasteiger partial charge in [0.2, 0.25) is 5.78 Å². The third-order valence-corrected chi connectivity index (χ3v) is 5.53.